The Morgan fingerprint density at radius 2 is 1.65 bits per heavy atom. The molecular weight excluding hydrogens is 298 g/mol. The lowest BCUT2D eigenvalue weighted by molar-refractivity contribution is 0.0698. The summed E-state index contributed by atoms with van der Waals surface area (Å²) in [5.74, 6) is 0.646. The van der Waals surface area contributed by atoms with Crippen LogP contribution in [0.15, 0.2) is 36.4 Å². The van der Waals surface area contributed by atoms with Gasteiger partial charge in [-0.05, 0) is 29.8 Å². The van der Waals surface area contributed by atoms with Crippen LogP contribution in [0.1, 0.15) is 15.9 Å². The van der Waals surface area contributed by atoms with Crippen LogP contribution >= 0.6 is 0 Å². The zero-order chi connectivity index (χ0) is 16.8. The van der Waals surface area contributed by atoms with Gasteiger partial charge in [0.2, 0.25) is 5.75 Å². The number of aromatic carboxylic acids is 1. The van der Waals surface area contributed by atoms with E-state index in [-0.39, 0.29) is 5.56 Å². The molecule has 2 N–H and O–H groups in total. The molecule has 0 amide bonds. The second kappa shape index (κ2) is 7.40. The molecule has 2 rings (SSSR count). The number of benzene rings is 2. The van der Waals surface area contributed by atoms with Gasteiger partial charge in [-0.15, -0.1) is 0 Å². The number of carbonyl (C=O) groups is 1. The zero-order valence-corrected chi connectivity index (χ0v) is 13.3. The van der Waals surface area contributed by atoms with Gasteiger partial charge in [0.05, 0.1) is 26.9 Å². The summed E-state index contributed by atoms with van der Waals surface area (Å²) in [6.07, 6.45) is 0. The highest BCUT2D eigenvalue weighted by Crippen LogP contribution is 2.38. The molecule has 0 aliphatic rings. The minimum atomic E-state index is -0.974. The first-order chi connectivity index (χ1) is 11.1. The quantitative estimate of drug-likeness (QED) is 0.817. The highest BCUT2D eigenvalue weighted by molar-refractivity contribution is 5.94. The molecule has 0 saturated heterocycles. The standard InChI is InChI=1S/C17H19NO5/c1-21-14-8-11(9-15(22-2)16(14)23-3)10-18-13-7-5-4-6-12(13)17(19)20/h4-9,18H,10H2,1-3H3,(H,19,20). The Balaban J connectivity index is 2.26. The van der Waals surface area contributed by atoms with E-state index < -0.39 is 5.97 Å². The Bertz CT molecular complexity index is 674. The second-order valence-corrected chi connectivity index (χ2v) is 4.74. The molecule has 0 aliphatic heterocycles. The topological polar surface area (TPSA) is 77.0 Å². The van der Waals surface area contributed by atoms with Crippen LogP contribution in [0.4, 0.5) is 5.69 Å². The van der Waals surface area contributed by atoms with E-state index in [1.165, 1.54) is 0 Å². The average molecular weight is 317 g/mol. The largest absolute Gasteiger partial charge is 0.493 e. The predicted octanol–water partition coefficient (Wildman–Crippen LogP) is 3.02. The average Bonchev–Trinajstić information content (AvgIpc) is 2.58. The van der Waals surface area contributed by atoms with Crippen LogP contribution in [0, 0.1) is 0 Å². The van der Waals surface area contributed by atoms with Crippen molar-refractivity contribution in [3.8, 4) is 17.2 Å². The molecule has 23 heavy (non-hydrogen) atoms. The smallest absolute Gasteiger partial charge is 0.337 e. The summed E-state index contributed by atoms with van der Waals surface area (Å²) in [7, 11) is 4.64. The lowest BCUT2D eigenvalue weighted by atomic mass is 10.1. The van der Waals surface area contributed by atoms with Gasteiger partial charge in [0, 0.05) is 12.2 Å². The minimum absolute atomic E-state index is 0.222. The van der Waals surface area contributed by atoms with E-state index in [1.54, 1.807) is 45.6 Å². The zero-order valence-electron chi connectivity index (χ0n) is 13.3. The number of hydrogen-bond acceptors (Lipinski definition) is 5. The molecule has 0 bridgehead atoms. The van der Waals surface area contributed by atoms with Crippen molar-refractivity contribution in [2.75, 3.05) is 26.6 Å². The second-order valence-electron chi connectivity index (χ2n) is 4.74. The van der Waals surface area contributed by atoms with Crippen LogP contribution < -0.4 is 19.5 Å². The maximum Gasteiger partial charge on any atom is 0.337 e. The van der Waals surface area contributed by atoms with Crippen LogP contribution in [-0.4, -0.2) is 32.4 Å². The normalized spacial score (nSPS) is 10.0. The third-order valence-corrected chi connectivity index (χ3v) is 3.36. The van der Waals surface area contributed by atoms with Crippen LogP contribution in [0.2, 0.25) is 0 Å². The maximum absolute atomic E-state index is 11.2. The van der Waals surface area contributed by atoms with Gasteiger partial charge in [-0.25, -0.2) is 4.79 Å². The van der Waals surface area contributed by atoms with Crippen molar-refractivity contribution in [1.29, 1.82) is 0 Å². The van der Waals surface area contributed by atoms with Crippen LogP contribution in [0.25, 0.3) is 0 Å². The van der Waals surface area contributed by atoms with Gasteiger partial charge in [-0.2, -0.15) is 0 Å². The highest BCUT2D eigenvalue weighted by atomic mass is 16.5. The lowest BCUT2D eigenvalue weighted by Gasteiger charge is -2.15. The monoisotopic (exact) mass is 317 g/mol. The predicted molar refractivity (Wildman–Crippen MR) is 86.8 cm³/mol. The molecule has 2 aromatic rings. The Kier molecular flexibility index (Phi) is 5.30. The number of hydrogen-bond donors (Lipinski definition) is 2. The molecule has 0 aliphatic carbocycles. The number of carboxylic acid groups (broad SMARTS) is 1. The summed E-state index contributed by atoms with van der Waals surface area (Å²) < 4.78 is 15.9. The molecule has 0 radical (unpaired) electrons. The fraction of sp³-hybridized carbons (Fsp3) is 0.235. The SMILES string of the molecule is COc1cc(CNc2ccccc2C(=O)O)cc(OC)c1OC. The van der Waals surface area contributed by atoms with Gasteiger partial charge in [0.1, 0.15) is 0 Å². The minimum Gasteiger partial charge on any atom is -0.493 e. The first-order valence-electron chi connectivity index (χ1n) is 6.95. The fourth-order valence-electron chi connectivity index (χ4n) is 2.26. The van der Waals surface area contributed by atoms with Crippen molar-refractivity contribution in [2.45, 2.75) is 6.54 Å². The first kappa shape index (κ1) is 16.5. The van der Waals surface area contributed by atoms with E-state index in [9.17, 15) is 9.90 Å². The van der Waals surface area contributed by atoms with Gasteiger partial charge in [0.25, 0.3) is 0 Å². The van der Waals surface area contributed by atoms with E-state index in [0.29, 0.717) is 29.5 Å². The first-order valence-corrected chi connectivity index (χ1v) is 6.95. The number of carboxylic acids is 1. The fourth-order valence-corrected chi connectivity index (χ4v) is 2.26. The van der Waals surface area contributed by atoms with Crippen LogP contribution in [0.3, 0.4) is 0 Å². The van der Waals surface area contributed by atoms with Gasteiger partial charge in [-0.3, -0.25) is 0 Å². The van der Waals surface area contributed by atoms with Crippen molar-refractivity contribution >= 4 is 11.7 Å². The van der Waals surface area contributed by atoms with Gasteiger partial charge >= 0.3 is 5.97 Å². The highest BCUT2D eigenvalue weighted by Gasteiger charge is 2.14. The molecule has 2 aromatic carbocycles. The molecule has 0 saturated carbocycles. The van der Waals surface area contributed by atoms with Crippen molar-refractivity contribution in [2.24, 2.45) is 0 Å². The number of rotatable bonds is 7. The number of nitrogens with one attached hydrogen (secondary N) is 1. The molecule has 0 fully saturated rings. The number of methoxy groups -OCH3 is 3. The summed E-state index contributed by atoms with van der Waals surface area (Å²) in [6, 6.07) is 10.4. The molecule has 0 atom stereocenters. The van der Waals surface area contributed by atoms with Crippen molar-refractivity contribution in [3.63, 3.8) is 0 Å². The van der Waals surface area contributed by atoms with Gasteiger partial charge in [0.15, 0.2) is 11.5 Å². The molecule has 0 aromatic heterocycles. The number of para-hydroxylation sites is 1. The van der Waals surface area contributed by atoms with E-state index in [1.807, 2.05) is 12.1 Å². The Labute approximate surface area is 134 Å². The third-order valence-electron chi connectivity index (χ3n) is 3.36. The van der Waals surface area contributed by atoms with Gasteiger partial charge in [-0.1, -0.05) is 12.1 Å². The van der Waals surface area contributed by atoms with E-state index >= 15 is 0 Å². The Morgan fingerprint density at radius 3 is 2.17 bits per heavy atom. The molecule has 0 heterocycles. The van der Waals surface area contributed by atoms with Crippen LogP contribution in [0.5, 0.6) is 17.2 Å². The van der Waals surface area contributed by atoms with Crippen molar-refractivity contribution in [3.05, 3.63) is 47.5 Å². The molecule has 0 unspecified atom stereocenters. The van der Waals surface area contributed by atoms with Crippen molar-refractivity contribution < 1.29 is 24.1 Å². The molecular formula is C17H19NO5. The molecule has 6 nitrogen and oxygen atoms in total. The van der Waals surface area contributed by atoms with E-state index in [2.05, 4.69) is 5.32 Å². The summed E-state index contributed by atoms with van der Waals surface area (Å²) in [5.41, 5.74) is 1.65. The molecule has 6 heteroatoms. The Morgan fingerprint density at radius 1 is 1.04 bits per heavy atom. The summed E-state index contributed by atoms with van der Waals surface area (Å²) in [6.45, 7) is 0.418. The Hall–Kier alpha value is -2.89. The van der Waals surface area contributed by atoms with E-state index in [0.717, 1.165) is 5.56 Å². The van der Waals surface area contributed by atoms with Crippen LogP contribution in [-0.2, 0) is 6.54 Å². The van der Waals surface area contributed by atoms with Crippen molar-refractivity contribution in [1.82, 2.24) is 0 Å². The van der Waals surface area contributed by atoms with Gasteiger partial charge < -0.3 is 24.6 Å². The number of anilines is 1. The summed E-state index contributed by atoms with van der Waals surface area (Å²) >= 11 is 0. The molecule has 0 spiro atoms. The lowest BCUT2D eigenvalue weighted by Crippen LogP contribution is -2.07. The number of ether oxygens (including phenoxy) is 3. The summed E-state index contributed by atoms with van der Waals surface area (Å²) in [5, 5.41) is 12.3. The maximum atomic E-state index is 11.2. The molecule has 122 valence electrons. The third kappa shape index (κ3) is 3.66. The van der Waals surface area contributed by atoms with E-state index in [4.69, 9.17) is 14.2 Å². The summed E-state index contributed by atoms with van der Waals surface area (Å²) in [4.78, 5) is 11.2.